The van der Waals surface area contributed by atoms with Crippen molar-refractivity contribution < 1.29 is 9.47 Å². The molecule has 0 aliphatic rings. The van der Waals surface area contributed by atoms with E-state index in [9.17, 15) is 0 Å². The van der Waals surface area contributed by atoms with E-state index in [1.807, 2.05) is 18.2 Å². The van der Waals surface area contributed by atoms with E-state index < -0.39 is 0 Å². The first-order valence-corrected chi connectivity index (χ1v) is 7.57. The maximum atomic E-state index is 5.93. The molecular weight excluding hydrogens is 362 g/mol. The summed E-state index contributed by atoms with van der Waals surface area (Å²) in [6, 6.07) is 5.87. The molecule has 1 rings (SSSR count). The molecule has 0 radical (unpaired) electrons. The maximum Gasteiger partial charge on any atom is 0.134 e. The number of halogens is 2. The molecule has 18 heavy (non-hydrogen) atoms. The summed E-state index contributed by atoms with van der Waals surface area (Å²) in [4.78, 5) is 0. The molecule has 0 aromatic heterocycles. The van der Waals surface area contributed by atoms with Crippen LogP contribution in [-0.4, -0.2) is 32.9 Å². The van der Waals surface area contributed by atoms with Gasteiger partial charge in [0.2, 0.25) is 0 Å². The molecule has 0 fully saturated rings. The van der Waals surface area contributed by atoms with E-state index >= 15 is 0 Å². The smallest absolute Gasteiger partial charge is 0.134 e. The predicted molar refractivity (Wildman–Crippen MR) is 81.3 cm³/mol. The minimum Gasteiger partial charge on any atom is -0.486 e. The molecule has 1 atom stereocenters. The van der Waals surface area contributed by atoms with Gasteiger partial charge in [0.15, 0.2) is 0 Å². The molecule has 3 nitrogen and oxygen atoms in total. The van der Waals surface area contributed by atoms with Gasteiger partial charge in [-0.05, 0) is 47.1 Å². The second-order valence-electron chi connectivity index (χ2n) is 3.97. The van der Waals surface area contributed by atoms with Gasteiger partial charge >= 0.3 is 0 Å². The largest absolute Gasteiger partial charge is 0.486 e. The number of rotatable bonds is 8. The van der Waals surface area contributed by atoms with Gasteiger partial charge in [-0.2, -0.15) is 0 Å². The molecule has 0 saturated heterocycles. The van der Waals surface area contributed by atoms with Crippen LogP contribution in [0.25, 0.3) is 0 Å². The minimum absolute atomic E-state index is 0.0130. The molecule has 1 aromatic rings. The van der Waals surface area contributed by atoms with Crippen LogP contribution in [0.1, 0.15) is 13.3 Å². The van der Waals surface area contributed by atoms with Crippen molar-refractivity contribution in [3.05, 3.63) is 27.1 Å². The van der Waals surface area contributed by atoms with E-state index in [0.29, 0.717) is 6.61 Å². The first kappa shape index (κ1) is 16.0. The van der Waals surface area contributed by atoms with Gasteiger partial charge in [0.25, 0.3) is 0 Å². The lowest BCUT2D eigenvalue weighted by Gasteiger charge is -2.19. The predicted octanol–water partition coefficient (Wildman–Crippen LogP) is 3.61. The average Bonchev–Trinajstić information content (AvgIpc) is 2.33. The van der Waals surface area contributed by atoms with Crippen LogP contribution in [0.2, 0.25) is 0 Å². The van der Waals surface area contributed by atoms with Gasteiger partial charge in [-0.3, -0.25) is 0 Å². The number of nitrogens with one attached hydrogen (secondary N) is 1. The highest BCUT2D eigenvalue weighted by atomic mass is 79.9. The molecule has 0 bridgehead atoms. The van der Waals surface area contributed by atoms with Crippen LogP contribution >= 0.6 is 31.9 Å². The topological polar surface area (TPSA) is 30.5 Å². The second kappa shape index (κ2) is 8.91. The zero-order valence-electron chi connectivity index (χ0n) is 10.7. The van der Waals surface area contributed by atoms with Crippen molar-refractivity contribution in [2.45, 2.75) is 19.4 Å². The molecule has 0 spiro atoms. The molecule has 102 valence electrons. The zero-order chi connectivity index (χ0) is 13.4. The first-order valence-electron chi connectivity index (χ1n) is 5.98. The van der Waals surface area contributed by atoms with Gasteiger partial charge in [0.05, 0.1) is 11.1 Å². The number of hydrogen-bond donors (Lipinski definition) is 1. The summed E-state index contributed by atoms with van der Waals surface area (Å²) in [6.45, 7) is 4.49. The standard InChI is InChI=1S/C13H19Br2NO2/c1-3-6-16-8-11(9-17-2)18-13-5-4-10(14)7-12(13)15/h4-5,7,11,16H,3,6,8-9H2,1-2H3. The summed E-state index contributed by atoms with van der Waals surface area (Å²) in [5, 5.41) is 3.34. The van der Waals surface area contributed by atoms with E-state index in [-0.39, 0.29) is 6.10 Å². The highest BCUT2D eigenvalue weighted by molar-refractivity contribution is 9.11. The van der Waals surface area contributed by atoms with Crippen LogP contribution in [-0.2, 0) is 4.74 Å². The quantitative estimate of drug-likeness (QED) is 0.699. The average molecular weight is 381 g/mol. The van der Waals surface area contributed by atoms with Gasteiger partial charge in [0.1, 0.15) is 11.9 Å². The summed E-state index contributed by atoms with van der Waals surface area (Å²) >= 11 is 6.91. The highest BCUT2D eigenvalue weighted by Gasteiger charge is 2.12. The lowest BCUT2D eigenvalue weighted by Crippen LogP contribution is -2.35. The lowest BCUT2D eigenvalue weighted by molar-refractivity contribution is 0.0802. The van der Waals surface area contributed by atoms with Gasteiger partial charge < -0.3 is 14.8 Å². The molecule has 1 N–H and O–H groups in total. The molecule has 1 aromatic carbocycles. The van der Waals surface area contributed by atoms with Crippen molar-refractivity contribution in [2.75, 3.05) is 26.8 Å². The molecule has 0 aliphatic heterocycles. The summed E-state index contributed by atoms with van der Waals surface area (Å²) in [7, 11) is 1.69. The number of hydrogen-bond acceptors (Lipinski definition) is 3. The van der Waals surface area contributed by atoms with Gasteiger partial charge in [-0.15, -0.1) is 0 Å². The Labute approximate surface area is 125 Å². The Morgan fingerprint density at radius 3 is 2.72 bits per heavy atom. The van der Waals surface area contributed by atoms with Crippen LogP contribution in [0, 0.1) is 0 Å². The summed E-state index contributed by atoms with van der Waals surface area (Å²) in [6.07, 6.45) is 1.13. The lowest BCUT2D eigenvalue weighted by atomic mass is 10.3. The number of benzene rings is 1. The van der Waals surface area contributed by atoms with Crippen molar-refractivity contribution in [3.63, 3.8) is 0 Å². The van der Waals surface area contributed by atoms with Gasteiger partial charge in [-0.25, -0.2) is 0 Å². The highest BCUT2D eigenvalue weighted by Crippen LogP contribution is 2.28. The zero-order valence-corrected chi connectivity index (χ0v) is 13.9. The van der Waals surface area contributed by atoms with Crippen molar-refractivity contribution in [3.8, 4) is 5.75 Å². The third kappa shape index (κ3) is 5.69. The fourth-order valence-electron chi connectivity index (χ4n) is 1.51. The number of ether oxygens (including phenoxy) is 2. The van der Waals surface area contributed by atoms with Crippen molar-refractivity contribution in [2.24, 2.45) is 0 Å². The summed E-state index contributed by atoms with van der Waals surface area (Å²) < 4.78 is 13.1. The fourth-order valence-corrected chi connectivity index (χ4v) is 2.65. The normalized spacial score (nSPS) is 12.4. The van der Waals surface area contributed by atoms with Crippen LogP contribution in [0.3, 0.4) is 0 Å². The number of methoxy groups -OCH3 is 1. The maximum absolute atomic E-state index is 5.93. The molecule has 0 saturated carbocycles. The Hall–Kier alpha value is -0.100. The minimum atomic E-state index is 0.0130. The van der Waals surface area contributed by atoms with Crippen molar-refractivity contribution in [1.82, 2.24) is 5.32 Å². The SMILES string of the molecule is CCCNCC(COC)Oc1ccc(Br)cc1Br. The fraction of sp³-hybridized carbons (Fsp3) is 0.538. The van der Waals surface area contributed by atoms with E-state index in [4.69, 9.17) is 9.47 Å². The van der Waals surface area contributed by atoms with Crippen molar-refractivity contribution in [1.29, 1.82) is 0 Å². The van der Waals surface area contributed by atoms with Crippen molar-refractivity contribution >= 4 is 31.9 Å². The molecule has 0 amide bonds. The second-order valence-corrected chi connectivity index (χ2v) is 5.74. The molecule has 5 heteroatoms. The van der Waals surface area contributed by atoms with E-state index in [1.165, 1.54) is 0 Å². The Kier molecular flexibility index (Phi) is 7.90. The van der Waals surface area contributed by atoms with Crippen LogP contribution in [0.4, 0.5) is 0 Å². The van der Waals surface area contributed by atoms with E-state index in [1.54, 1.807) is 7.11 Å². The van der Waals surface area contributed by atoms with E-state index in [0.717, 1.165) is 34.2 Å². The Bertz CT molecular complexity index is 361. The summed E-state index contributed by atoms with van der Waals surface area (Å²) in [5.74, 6) is 0.832. The molecular formula is C13H19Br2NO2. The Morgan fingerprint density at radius 1 is 1.33 bits per heavy atom. The van der Waals surface area contributed by atoms with Gasteiger partial charge in [0, 0.05) is 18.1 Å². The third-order valence-corrected chi connectivity index (χ3v) is 3.45. The molecule has 0 heterocycles. The van der Waals surface area contributed by atoms with Crippen LogP contribution in [0.15, 0.2) is 27.1 Å². The van der Waals surface area contributed by atoms with E-state index in [2.05, 4.69) is 44.1 Å². The summed E-state index contributed by atoms with van der Waals surface area (Å²) in [5.41, 5.74) is 0. The van der Waals surface area contributed by atoms with Crippen LogP contribution < -0.4 is 10.1 Å². The van der Waals surface area contributed by atoms with Crippen LogP contribution in [0.5, 0.6) is 5.75 Å². The third-order valence-electron chi connectivity index (χ3n) is 2.34. The first-order chi connectivity index (χ1) is 8.67. The Morgan fingerprint density at radius 2 is 2.11 bits per heavy atom. The Balaban J connectivity index is 2.58. The monoisotopic (exact) mass is 379 g/mol. The van der Waals surface area contributed by atoms with Gasteiger partial charge in [-0.1, -0.05) is 22.9 Å². The molecule has 1 unspecified atom stereocenters. The molecule has 0 aliphatic carbocycles.